The first-order valence-corrected chi connectivity index (χ1v) is 9.37. The van der Waals surface area contributed by atoms with E-state index in [1.54, 1.807) is 0 Å². The van der Waals surface area contributed by atoms with E-state index in [4.69, 9.17) is 9.47 Å². The minimum absolute atomic E-state index is 0.00223. The molecule has 25 heavy (non-hydrogen) atoms. The smallest absolute Gasteiger partial charge is 0.244 e. The Balaban J connectivity index is 1.36. The Morgan fingerprint density at radius 3 is 2.28 bits per heavy atom. The number of para-hydroxylation sites is 1. The predicted octanol–water partition coefficient (Wildman–Crippen LogP) is 2.66. The second-order valence-electron chi connectivity index (χ2n) is 8.32. The van der Waals surface area contributed by atoms with E-state index in [1.807, 2.05) is 35.2 Å². The predicted molar refractivity (Wildman–Crippen MR) is 96.4 cm³/mol. The monoisotopic (exact) mass is 344 g/mol. The summed E-state index contributed by atoms with van der Waals surface area (Å²) in [5.74, 6) is -0.193. The van der Waals surface area contributed by atoms with E-state index >= 15 is 0 Å². The lowest BCUT2D eigenvalue weighted by molar-refractivity contribution is -0.313. The first-order valence-electron chi connectivity index (χ1n) is 9.37. The van der Waals surface area contributed by atoms with E-state index in [-0.39, 0.29) is 17.4 Å². The Hall–Kier alpha value is -1.43. The summed E-state index contributed by atoms with van der Waals surface area (Å²) in [5.41, 5.74) is 1.10. The number of nitrogens with zero attached hydrogens (tertiary/aromatic N) is 2. The summed E-state index contributed by atoms with van der Waals surface area (Å²) in [6.07, 6.45) is 2.59. The van der Waals surface area contributed by atoms with Crippen LogP contribution >= 0.6 is 0 Å². The Kier molecular flexibility index (Phi) is 4.34. The summed E-state index contributed by atoms with van der Waals surface area (Å²) in [6.45, 7) is 8.36. The van der Waals surface area contributed by atoms with Gasteiger partial charge >= 0.3 is 0 Å². The van der Waals surface area contributed by atoms with Gasteiger partial charge in [0.15, 0.2) is 5.79 Å². The van der Waals surface area contributed by atoms with Crippen molar-refractivity contribution in [2.24, 2.45) is 5.41 Å². The second-order valence-corrected chi connectivity index (χ2v) is 8.32. The molecule has 1 aromatic rings. The van der Waals surface area contributed by atoms with Crippen LogP contribution in [-0.4, -0.2) is 55.5 Å². The first kappa shape index (κ1) is 17.0. The Morgan fingerprint density at radius 2 is 1.64 bits per heavy atom. The molecule has 0 unspecified atom stereocenters. The van der Waals surface area contributed by atoms with Gasteiger partial charge in [-0.1, -0.05) is 32.0 Å². The maximum atomic E-state index is 12.9. The second kappa shape index (κ2) is 6.38. The lowest BCUT2D eigenvalue weighted by atomic mass is 9.92. The van der Waals surface area contributed by atoms with Crippen molar-refractivity contribution in [3.63, 3.8) is 0 Å². The van der Waals surface area contributed by atoms with Crippen LogP contribution in [0.25, 0.3) is 0 Å². The molecule has 1 amide bonds. The third kappa shape index (κ3) is 3.33. The van der Waals surface area contributed by atoms with E-state index in [0.29, 0.717) is 0 Å². The minimum atomic E-state index is -0.424. The summed E-state index contributed by atoms with van der Waals surface area (Å²) >= 11 is 0. The average Bonchev–Trinajstić information content (AvgIpc) is 3.01. The molecule has 4 rings (SSSR count). The topological polar surface area (TPSA) is 42.0 Å². The van der Waals surface area contributed by atoms with Crippen molar-refractivity contribution in [1.29, 1.82) is 0 Å². The van der Waals surface area contributed by atoms with Gasteiger partial charge in [0.1, 0.15) is 0 Å². The Bertz CT molecular complexity index is 611. The number of ether oxygens (including phenoxy) is 2. The molecule has 1 atom stereocenters. The third-order valence-electron chi connectivity index (χ3n) is 5.70. The number of benzene rings is 1. The van der Waals surface area contributed by atoms with Gasteiger partial charge in [0.2, 0.25) is 5.91 Å². The van der Waals surface area contributed by atoms with Crippen molar-refractivity contribution in [1.82, 2.24) is 4.90 Å². The molecular weight excluding hydrogens is 316 g/mol. The van der Waals surface area contributed by atoms with Gasteiger partial charge in [0, 0.05) is 43.6 Å². The summed E-state index contributed by atoms with van der Waals surface area (Å²) in [4.78, 5) is 17.1. The summed E-state index contributed by atoms with van der Waals surface area (Å²) < 4.78 is 12.2. The zero-order valence-electron chi connectivity index (χ0n) is 15.2. The molecule has 3 heterocycles. The summed E-state index contributed by atoms with van der Waals surface area (Å²) in [6, 6.07) is 9.97. The molecule has 0 N–H and O–H groups in total. The number of carbonyl (C=O) groups is 1. The lowest BCUT2D eigenvalue weighted by Gasteiger charge is -2.48. The maximum absolute atomic E-state index is 12.9. The molecule has 0 aliphatic carbocycles. The molecule has 0 bridgehead atoms. The van der Waals surface area contributed by atoms with Gasteiger partial charge in [0.05, 0.1) is 19.3 Å². The highest BCUT2D eigenvalue weighted by Crippen LogP contribution is 2.37. The van der Waals surface area contributed by atoms with Crippen LogP contribution in [0.3, 0.4) is 0 Å². The average molecular weight is 344 g/mol. The minimum Gasteiger partial charge on any atom is -0.349 e. The first-order chi connectivity index (χ1) is 12.0. The zero-order chi connectivity index (χ0) is 17.5. The van der Waals surface area contributed by atoms with Crippen molar-refractivity contribution in [2.45, 2.75) is 44.9 Å². The normalized spacial score (nSPS) is 29.3. The highest BCUT2D eigenvalue weighted by atomic mass is 16.7. The maximum Gasteiger partial charge on any atom is 0.244 e. The van der Waals surface area contributed by atoms with Gasteiger partial charge in [-0.3, -0.25) is 9.69 Å². The molecule has 3 fully saturated rings. The van der Waals surface area contributed by atoms with Crippen molar-refractivity contribution in [3.8, 4) is 0 Å². The highest BCUT2D eigenvalue weighted by molar-refractivity contribution is 5.99. The van der Waals surface area contributed by atoms with Crippen LogP contribution in [0.2, 0.25) is 0 Å². The van der Waals surface area contributed by atoms with Crippen molar-refractivity contribution in [2.75, 3.05) is 37.7 Å². The number of anilines is 1. The number of hydrogen-bond donors (Lipinski definition) is 0. The van der Waals surface area contributed by atoms with Gasteiger partial charge in [-0.25, -0.2) is 0 Å². The molecular formula is C20H28N2O3. The molecule has 136 valence electrons. The van der Waals surface area contributed by atoms with E-state index in [2.05, 4.69) is 18.7 Å². The van der Waals surface area contributed by atoms with Crippen molar-refractivity contribution >= 4 is 11.6 Å². The van der Waals surface area contributed by atoms with Crippen LogP contribution < -0.4 is 4.90 Å². The SMILES string of the molecule is CC1(C)COC2(CCN([C@@H]3CCN(c4ccccc4)C3=O)CC2)OC1. The fraction of sp³-hybridized carbons (Fsp3) is 0.650. The van der Waals surface area contributed by atoms with Gasteiger partial charge in [-0.15, -0.1) is 0 Å². The Labute approximate surface area is 149 Å². The van der Waals surface area contributed by atoms with Crippen LogP contribution in [0, 0.1) is 5.41 Å². The molecule has 0 radical (unpaired) electrons. The lowest BCUT2D eigenvalue weighted by Crippen LogP contribution is -2.56. The number of likely N-dealkylation sites (tertiary alicyclic amines) is 1. The third-order valence-corrected chi connectivity index (χ3v) is 5.70. The quantitative estimate of drug-likeness (QED) is 0.827. The molecule has 0 saturated carbocycles. The van der Waals surface area contributed by atoms with Crippen LogP contribution in [0.1, 0.15) is 33.1 Å². The Morgan fingerprint density at radius 1 is 1.00 bits per heavy atom. The standard InChI is InChI=1S/C20H28N2O3/c1-19(2)14-24-20(25-15-19)9-12-21(13-10-20)17-8-11-22(18(17)23)16-6-4-3-5-7-16/h3-7,17H,8-15H2,1-2H3/t17-/m1/s1. The molecule has 1 spiro atoms. The van der Waals surface area contributed by atoms with Crippen LogP contribution in [0.15, 0.2) is 30.3 Å². The van der Waals surface area contributed by atoms with Gasteiger partial charge < -0.3 is 14.4 Å². The van der Waals surface area contributed by atoms with Crippen molar-refractivity contribution in [3.05, 3.63) is 30.3 Å². The number of carbonyl (C=O) groups excluding carboxylic acids is 1. The summed E-state index contributed by atoms with van der Waals surface area (Å²) in [7, 11) is 0. The molecule has 3 aliphatic rings. The molecule has 0 aromatic heterocycles. The fourth-order valence-electron chi connectivity index (χ4n) is 4.07. The van der Waals surface area contributed by atoms with E-state index < -0.39 is 5.79 Å². The van der Waals surface area contributed by atoms with Gasteiger partial charge in [-0.2, -0.15) is 0 Å². The number of amides is 1. The molecule has 5 nitrogen and oxygen atoms in total. The summed E-state index contributed by atoms with van der Waals surface area (Å²) in [5, 5.41) is 0. The highest BCUT2D eigenvalue weighted by Gasteiger charge is 2.46. The van der Waals surface area contributed by atoms with Gasteiger partial charge in [-0.05, 0) is 18.6 Å². The van der Waals surface area contributed by atoms with Crippen LogP contribution in [0.4, 0.5) is 5.69 Å². The number of piperidine rings is 1. The zero-order valence-corrected chi connectivity index (χ0v) is 15.2. The largest absolute Gasteiger partial charge is 0.349 e. The van der Waals surface area contributed by atoms with Crippen LogP contribution in [-0.2, 0) is 14.3 Å². The van der Waals surface area contributed by atoms with E-state index in [9.17, 15) is 4.79 Å². The number of hydrogen-bond acceptors (Lipinski definition) is 4. The van der Waals surface area contributed by atoms with Gasteiger partial charge in [0.25, 0.3) is 0 Å². The van der Waals surface area contributed by atoms with Crippen LogP contribution in [0.5, 0.6) is 0 Å². The van der Waals surface area contributed by atoms with E-state index in [0.717, 1.165) is 57.8 Å². The molecule has 3 aliphatic heterocycles. The molecule has 3 saturated heterocycles. The van der Waals surface area contributed by atoms with Crippen molar-refractivity contribution < 1.29 is 14.3 Å². The number of rotatable bonds is 2. The van der Waals surface area contributed by atoms with E-state index in [1.165, 1.54) is 0 Å². The fourth-order valence-corrected chi connectivity index (χ4v) is 4.07. The molecule has 1 aromatic carbocycles. The molecule has 5 heteroatoms.